The molecular formula is C8H15NO2. The number of nitrogens with zero attached hydrogens (tertiary/aromatic N) is 1. The van der Waals surface area contributed by atoms with Gasteiger partial charge in [-0.2, -0.15) is 0 Å². The molecular weight excluding hydrogens is 142 g/mol. The highest BCUT2D eigenvalue weighted by Gasteiger charge is 2.34. The molecule has 0 saturated carbocycles. The summed E-state index contributed by atoms with van der Waals surface area (Å²) in [5.74, 6) is 0.338. The van der Waals surface area contributed by atoms with Gasteiger partial charge in [-0.15, -0.1) is 0 Å². The molecule has 11 heavy (non-hydrogen) atoms. The predicted octanol–water partition coefficient (Wildman–Crippen LogP) is 0.500. The molecule has 0 aliphatic carbocycles. The third-order valence-electron chi connectivity index (χ3n) is 2.39. The molecule has 0 aromatic heterocycles. The Morgan fingerprint density at radius 3 is 2.64 bits per heavy atom. The number of methoxy groups -OCH3 is 1. The van der Waals surface area contributed by atoms with Crippen molar-refractivity contribution in [3.63, 3.8) is 0 Å². The first kappa shape index (κ1) is 8.53. The third kappa shape index (κ3) is 1.53. The highest BCUT2D eigenvalue weighted by atomic mass is 16.5. The van der Waals surface area contributed by atoms with Crippen molar-refractivity contribution in [1.29, 1.82) is 0 Å². The maximum Gasteiger partial charge on any atom is 0.323 e. The normalized spacial score (nSPS) is 32.3. The Balaban J connectivity index is 2.60. The van der Waals surface area contributed by atoms with Gasteiger partial charge in [0, 0.05) is 0 Å². The molecule has 1 saturated heterocycles. The minimum atomic E-state index is -0.0995. The van der Waals surface area contributed by atoms with Crippen molar-refractivity contribution in [2.75, 3.05) is 20.7 Å². The van der Waals surface area contributed by atoms with Gasteiger partial charge in [0.25, 0.3) is 0 Å². The van der Waals surface area contributed by atoms with Crippen molar-refractivity contribution in [2.45, 2.75) is 19.4 Å². The van der Waals surface area contributed by atoms with E-state index in [9.17, 15) is 4.79 Å². The molecule has 0 aromatic carbocycles. The number of ether oxygens (including phenoxy) is 1. The number of esters is 1. The van der Waals surface area contributed by atoms with Gasteiger partial charge in [0.1, 0.15) is 6.04 Å². The molecule has 0 N–H and O–H groups in total. The van der Waals surface area contributed by atoms with E-state index in [0.717, 1.165) is 13.0 Å². The van der Waals surface area contributed by atoms with Crippen LogP contribution in [0.5, 0.6) is 0 Å². The summed E-state index contributed by atoms with van der Waals surface area (Å²) in [6.45, 7) is 3.09. The maximum absolute atomic E-state index is 11.2. The molecule has 0 amide bonds. The molecule has 0 aromatic rings. The van der Waals surface area contributed by atoms with Crippen molar-refractivity contribution in [3.8, 4) is 0 Å². The fraction of sp³-hybridized carbons (Fsp3) is 0.875. The number of likely N-dealkylation sites (N-methyl/N-ethyl adjacent to an activating group) is 1. The van der Waals surface area contributed by atoms with Crippen LogP contribution in [-0.2, 0) is 9.53 Å². The average Bonchev–Trinajstić information content (AvgIpc) is 2.30. The quantitative estimate of drug-likeness (QED) is 0.519. The van der Waals surface area contributed by atoms with Gasteiger partial charge in [0.05, 0.1) is 7.11 Å². The fourth-order valence-corrected chi connectivity index (χ4v) is 1.67. The molecule has 1 heterocycles. The molecule has 1 rings (SSSR count). The maximum atomic E-state index is 11.2. The highest BCUT2D eigenvalue weighted by Crippen LogP contribution is 2.22. The standard InChI is InChI=1S/C8H15NO2/c1-6-4-5-9(2)7(6)8(10)11-3/h6-7H,4-5H2,1-3H3. The van der Waals surface area contributed by atoms with E-state index in [4.69, 9.17) is 4.74 Å². The Labute approximate surface area is 67.3 Å². The van der Waals surface area contributed by atoms with Gasteiger partial charge in [-0.1, -0.05) is 6.92 Å². The van der Waals surface area contributed by atoms with Crippen LogP contribution >= 0.6 is 0 Å². The van der Waals surface area contributed by atoms with Crippen LogP contribution in [0.15, 0.2) is 0 Å². The van der Waals surface area contributed by atoms with E-state index >= 15 is 0 Å². The Hall–Kier alpha value is -0.570. The Kier molecular flexibility index (Phi) is 2.49. The number of carbonyl (C=O) groups excluding carboxylic acids is 1. The summed E-state index contributed by atoms with van der Waals surface area (Å²) in [6.07, 6.45) is 1.09. The summed E-state index contributed by atoms with van der Waals surface area (Å²) in [6, 6.07) is -0.0139. The minimum Gasteiger partial charge on any atom is -0.468 e. The largest absolute Gasteiger partial charge is 0.468 e. The molecule has 3 heteroatoms. The van der Waals surface area contributed by atoms with Crippen molar-refractivity contribution in [2.24, 2.45) is 5.92 Å². The lowest BCUT2D eigenvalue weighted by Gasteiger charge is -2.19. The van der Waals surface area contributed by atoms with Gasteiger partial charge in [0.2, 0.25) is 0 Å². The first-order chi connectivity index (χ1) is 5.16. The van der Waals surface area contributed by atoms with Gasteiger partial charge < -0.3 is 4.74 Å². The summed E-state index contributed by atoms with van der Waals surface area (Å²) in [5.41, 5.74) is 0. The fourth-order valence-electron chi connectivity index (χ4n) is 1.67. The molecule has 1 fully saturated rings. The molecule has 0 bridgehead atoms. The first-order valence-electron chi connectivity index (χ1n) is 3.95. The predicted molar refractivity (Wildman–Crippen MR) is 42.2 cm³/mol. The van der Waals surface area contributed by atoms with Gasteiger partial charge in [-0.05, 0) is 25.9 Å². The molecule has 2 unspecified atom stereocenters. The minimum absolute atomic E-state index is 0.0139. The Bertz CT molecular complexity index is 148. The SMILES string of the molecule is COC(=O)C1C(C)CCN1C. The monoisotopic (exact) mass is 157 g/mol. The van der Waals surface area contributed by atoms with Crippen LogP contribution < -0.4 is 0 Å². The number of hydrogen-bond donors (Lipinski definition) is 0. The van der Waals surface area contributed by atoms with Crippen LogP contribution in [0.3, 0.4) is 0 Å². The zero-order valence-corrected chi connectivity index (χ0v) is 7.33. The van der Waals surface area contributed by atoms with Gasteiger partial charge in [0.15, 0.2) is 0 Å². The van der Waals surface area contributed by atoms with Crippen LogP contribution in [0.25, 0.3) is 0 Å². The topological polar surface area (TPSA) is 29.5 Å². The van der Waals surface area contributed by atoms with Crippen molar-refractivity contribution in [3.05, 3.63) is 0 Å². The second-order valence-corrected chi connectivity index (χ2v) is 3.21. The summed E-state index contributed by atoms with van der Waals surface area (Å²) in [7, 11) is 3.41. The van der Waals surface area contributed by atoms with E-state index in [1.165, 1.54) is 7.11 Å². The Morgan fingerprint density at radius 1 is 1.64 bits per heavy atom. The van der Waals surface area contributed by atoms with Crippen LogP contribution in [-0.4, -0.2) is 37.6 Å². The van der Waals surface area contributed by atoms with Crippen molar-refractivity contribution < 1.29 is 9.53 Å². The molecule has 3 nitrogen and oxygen atoms in total. The van der Waals surface area contributed by atoms with Crippen molar-refractivity contribution in [1.82, 2.24) is 4.90 Å². The molecule has 0 radical (unpaired) electrons. The molecule has 64 valence electrons. The van der Waals surface area contributed by atoms with Crippen LogP contribution in [0.1, 0.15) is 13.3 Å². The average molecular weight is 157 g/mol. The van der Waals surface area contributed by atoms with E-state index in [2.05, 4.69) is 11.8 Å². The van der Waals surface area contributed by atoms with E-state index in [-0.39, 0.29) is 12.0 Å². The van der Waals surface area contributed by atoms with Crippen molar-refractivity contribution >= 4 is 5.97 Å². The summed E-state index contributed by atoms with van der Waals surface area (Å²) < 4.78 is 4.69. The summed E-state index contributed by atoms with van der Waals surface area (Å²) in [4.78, 5) is 13.2. The lowest BCUT2D eigenvalue weighted by Crippen LogP contribution is -2.37. The highest BCUT2D eigenvalue weighted by molar-refractivity contribution is 5.76. The first-order valence-corrected chi connectivity index (χ1v) is 3.95. The second kappa shape index (κ2) is 3.22. The van der Waals surface area contributed by atoms with E-state index in [0.29, 0.717) is 5.92 Å². The second-order valence-electron chi connectivity index (χ2n) is 3.21. The Morgan fingerprint density at radius 2 is 2.27 bits per heavy atom. The molecule has 2 atom stereocenters. The van der Waals surface area contributed by atoms with E-state index < -0.39 is 0 Å². The van der Waals surface area contributed by atoms with Gasteiger partial charge >= 0.3 is 5.97 Å². The summed E-state index contributed by atoms with van der Waals surface area (Å²) >= 11 is 0. The zero-order valence-electron chi connectivity index (χ0n) is 7.33. The lowest BCUT2D eigenvalue weighted by atomic mass is 10.0. The van der Waals surface area contributed by atoms with Crippen LogP contribution in [0.4, 0.5) is 0 Å². The molecule has 1 aliphatic rings. The van der Waals surface area contributed by atoms with Gasteiger partial charge in [-0.3, -0.25) is 9.69 Å². The third-order valence-corrected chi connectivity index (χ3v) is 2.39. The number of carbonyl (C=O) groups is 1. The number of likely N-dealkylation sites (tertiary alicyclic amines) is 1. The smallest absolute Gasteiger partial charge is 0.323 e. The van der Waals surface area contributed by atoms with Gasteiger partial charge in [-0.25, -0.2) is 0 Å². The molecule has 0 spiro atoms. The lowest BCUT2D eigenvalue weighted by molar-refractivity contribution is -0.146. The van der Waals surface area contributed by atoms with E-state index in [1.807, 2.05) is 7.05 Å². The number of rotatable bonds is 1. The summed E-state index contributed by atoms with van der Waals surface area (Å²) in [5, 5.41) is 0. The number of hydrogen-bond acceptors (Lipinski definition) is 3. The van der Waals surface area contributed by atoms with E-state index in [1.54, 1.807) is 0 Å². The van der Waals surface area contributed by atoms with Crippen LogP contribution in [0.2, 0.25) is 0 Å². The zero-order chi connectivity index (χ0) is 8.43. The van der Waals surface area contributed by atoms with Crippen LogP contribution in [0, 0.1) is 5.92 Å². The molecule has 1 aliphatic heterocycles.